The topological polar surface area (TPSA) is 62.2 Å². The number of aliphatic hydroxyl groups excluding tert-OH is 1. The minimum absolute atomic E-state index is 0. The summed E-state index contributed by atoms with van der Waals surface area (Å²) in [6.45, 7) is 3.81. The maximum atomic E-state index is 13.9. The molecular formula is C29H34ClFN2O4. The smallest absolute Gasteiger partial charge is 0.167 e. The quantitative estimate of drug-likeness (QED) is 0.366. The molecule has 1 heterocycles. The first kappa shape index (κ1) is 28.4. The summed E-state index contributed by atoms with van der Waals surface area (Å²) < 4.78 is 25.0. The molecule has 0 bridgehead atoms. The highest BCUT2D eigenvalue weighted by atomic mass is 35.5. The van der Waals surface area contributed by atoms with Gasteiger partial charge in [-0.15, -0.1) is 12.4 Å². The van der Waals surface area contributed by atoms with Crippen molar-refractivity contribution < 1.29 is 23.8 Å². The molecule has 1 fully saturated rings. The van der Waals surface area contributed by atoms with E-state index in [0.29, 0.717) is 18.7 Å². The molecule has 0 radical (unpaired) electrons. The van der Waals surface area contributed by atoms with Crippen LogP contribution in [0.3, 0.4) is 0 Å². The summed E-state index contributed by atoms with van der Waals surface area (Å²) in [5, 5.41) is 10.6. The van der Waals surface area contributed by atoms with Gasteiger partial charge in [0.15, 0.2) is 5.78 Å². The maximum Gasteiger partial charge on any atom is 0.167 e. The fraction of sp³-hybridized carbons (Fsp3) is 0.345. The Hall–Kier alpha value is -3.13. The van der Waals surface area contributed by atoms with Gasteiger partial charge in [0.25, 0.3) is 0 Å². The maximum absolute atomic E-state index is 13.9. The number of carbonyl (C=O) groups is 1. The van der Waals surface area contributed by atoms with Gasteiger partial charge in [-0.05, 0) is 42.3 Å². The third-order valence-corrected chi connectivity index (χ3v) is 6.42. The van der Waals surface area contributed by atoms with Crippen LogP contribution in [0.1, 0.15) is 22.3 Å². The monoisotopic (exact) mass is 528 g/mol. The van der Waals surface area contributed by atoms with Crippen LogP contribution in [0, 0.1) is 5.82 Å². The molecule has 0 spiro atoms. The summed E-state index contributed by atoms with van der Waals surface area (Å²) in [4.78, 5) is 17.3. The summed E-state index contributed by atoms with van der Waals surface area (Å²) in [7, 11) is 1.66. The first-order chi connectivity index (χ1) is 17.5. The molecule has 0 amide bonds. The SMILES string of the molecule is COc1cccc(N2CCN(CC(O)COc3ccc(F)cc3C(=O)CCc3ccccc3)CC2)c1.Cl. The highest BCUT2D eigenvalue weighted by Crippen LogP contribution is 2.24. The molecule has 8 heteroatoms. The Labute approximate surface area is 224 Å². The minimum atomic E-state index is -0.731. The first-order valence-corrected chi connectivity index (χ1v) is 12.3. The first-order valence-electron chi connectivity index (χ1n) is 12.3. The van der Waals surface area contributed by atoms with E-state index in [4.69, 9.17) is 9.47 Å². The number of ether oxygens (including phenoxy) is 2. The van der Waals surface area contributed by atoms with Crippen LogP contribution in [0.25, 0.3) is 0 Å². The molecule has 0 aromatic heterocycles. The summed E-state index contributed by atoms with van der Waals surface area (Å²) in [6, 6.07) is 21.7. The van der Waals surface area contributed by atoms with Crippen molar-refractivity contribution in [1.29, 1.82) is 0 Å². The van der Waals surface area contributed by atoms with Crippen molar-refractivity contribution in [1.82, 2.24) is 4.90 Å². The van der Waals surface area contributed by atoms with Crippen LogP contribution in [-0.4, -0.2) is 68.3 Å². The Bertz CT molecular complexity index is 1140. The lowest BCUT2D eigenvalue weighted by atomic mass is 10.0. The van der Waals surface area contributed by atoms with Gasteiger partial charge in [0, 0.05) is 50.9 Å². The number of Topliss-reactive ketones (excluding diaryl/α,β-unsaturated/α-hetero) is 1. The summed E-state index contributed by atoms with van der Waals surface area (Å²) in [6.07, 6.45) is 0.0925. The van der Waals surface area contributed by atoms with E-state index in [0.717, 1.165) is 43.2 Å². The number of ketones is 1. The number of benzene rings is 3. The predicted molar refractivity (Wildman–Crippen MR) is 146 cm³/mol. The van der Waals surface area contributed by atoms with Gasteiger partial charge in [-0.1, -0.05) is 36.4 Å². The number of carbonyl (C=O) groups excluding carboxylic acids is 1. The fourth-order valence-electron chi connectivity index (χ4n) is 4.42. The van der Waals surface area contributed by atoms with E-state index in [2.05, 4.69) is 15.9 Å². The van der Waals surface area contributed by atoms with Crippen molar-refractivity contribution in [2.75, 3.05) is 51.3 Å². The Balaban J connectivity index is 0.00000380. The van der Waals surface area contributed by atoms with E-state index in [9.17, 15) is 14.3 Å². The number of hydrogen-bond acceptors (Lipinski definition) is 6. The Morgan fingerprint density at radius 3 is 2.49 bits per heavy atom. The van der Waals surface area contributed by atoms with Gasteiger partial charge in [0.1, 0.15) is 30.0 Å². The van der Waals surface area contributed by atoms with Crippen molar-refractivity contribution in [3.63, 3.8) is 0 Å². The molecule has 1 N–H and O–H groups in total. The molecule has 1 aliphatic heterocycles. The lowest BCUT2D eigenvalue weighted by molar-refractivity contribution is 0.0655. The molecule has 3 aromatic rings. The van der Waals surface area contributed by atoms with E-state index in [1.54, 1.807) is 7.11 Å². The van der Waals surface area contributed by atoms with Gasteiger partial charge in [-0.3, -0.25) is 9.69 Å². The lowest BCUT2D eigenvalue weighted by Gasteiger charge is -2.37. The average Bonchev–Trinajstić information content (AvgIpc) is 2.92. The molecule has 1 atom stereocenters. The molecule has 1 saturated heterocycles. The molecule has 3 aromatic carbocycles. The standard InChI is InChI=1S/C29H33FN2O4.ClH/c1-35-26-9-5-8-24(19-26)32-16-14-31(15-17-32)20-25(33)21-36-29-13-11-23(30)18-27(29)28(34)12-10-22-6-3-2-4-7-22;/h2-9,11,13,18-19,25,33H,10,12,14-17,20-21H2,1H3;1H. The zero-order valence-corrected chi connectivity index (χ0v) is 21.8. The second-order valence-electron chi connectivity index (χ2n) is 9.00. The Morgan fingerprint density at radius 2 is 1.76 bits per heavy atom. The van der Waals surface area contributed by atoms with Crippen LogP contribution in [0.5, 0.6) is 11.5 Å². The van der Waals surface area contributed by atoms with Crippen LogP contribution in [0.2, 0.25) is 0 Å². The number of β-amino-alcohol motifs (C(OH)–C–C–N with tert-alkyl or cyclic N) is 1. The minimum Gasteiger partial charge on any atom is -0.497 e. The van der Waals surface area contributed by atoms with Crippen LogP contribution in [-0.2, 0) is 6.42 Å². The van der Waals surface area contributed by atoms with Crippen molar-refractivity contribution >= 4 is 23.9 Å². The van der Waals surface area contributed by atoms with E-state index < -0.39 is 11.9 Å². The van der Waals surface area contributed by atoms with Crippen molar-refractivity contribution in [3.05, 3.63) is 89.7 Å². The lowest BCUT2D eigenvalue weighted by Crippen LogP contribution is -2.49. The van der Waals surface area contributed by atoms with Crippen LogP contribution in [0.4, 0.5) is 10.1 Å². The molecular weight excluding hydrogens is 495 g/mol. The number of aliphatic hydroxyl groups is 1. The number of hydrogen-bond donors (Lipinski definition) is 1. The molecule has 4 rings (SSSR count). The van der Waals surface area contributed by atoms with Gasteiger partial charge < -0.3 is 19.5 Å². The summed E-state index contributed by atoms with van der Waals surface area (Å²) in [5.41, 5.74) is 2.38. The zero-order valence-electron chi connectivity index (χ0n) is 21.0. The largest absolute Gasteiger partial charge is 0.497 e. The van der Waals surface area contributed by atoms with Crippen molar-refractivity contribution in [2.24, 2.45) is 0 Å². The van der Waals surface area contributed by atoms with Crippen LogP contribution < -0.4 is 14.4 Å². The molecule has 0 aliphatic carbocycles. The number of rotatable bonds is 11. The molecule has 198 valence electrons. The number of nitrogens with zero attached hydrogens (tertiary/aromatic N) is 2. The highest BCUT2D eigenvalue weighted by Gasteiger charge is 2.21. The fourth-order valence-corrected chi connectivity index (χ4v) is 4.42. The molecule has 1 aliphatic rings. The van der Waals surface area contributed by atoms with E-state index in [1.807, 2.05) is 48.5 Å². The van der Waals surface area contributed by atoms with Gasteiger partial charge in [-0.25, -0.2) is 4.39 Å². The highest BCUT2D eigenvalue weighted by molar-refractivity contribution is 5.98. The Morgan fingerprint density at radius 1 is 1.00 bits per heavy atom. The van der Waals surface area contributed by atoms with Gasteiger partial charge in [0.2, 0.25) is 0 Å². The van der Waals surface area contributed by atoms with Crippen LogP contribution >= 0.6 is 12.4 Å². The van der Waals surface area contributed by atoms with Crippen molar-refractivity contribution in [2.45, 2.75) is 18.9 Å². The van der Waals surface area contributed by atoms with Crippen molar-refractivity contribution in [3.8, 4) is 11.5 Å². The van der Waals surface area contributed by atoms with E-state index >= 15 is 0 Å². The van der Waals surface area contributed by atoms with E-state index in [-0.39, 0.29) is 36.8 Å². The number of aryl methyl sites for hydroxylation is 1. The van der Waals surface area contributed by atoms with Crippen LogP contribution in [0.15, 0.2) is 72.8 Å². The normalized spacial score (nSPS) is 14.5. The van der Waals surface area contributed by atoms with Gasteiger partial charge in [-0.2, -0.15) is 0 Å². The second-order valence-corrected chi connectivity index (χ2v) is 9.00. The third kappa shape index (κ3) is 8.18. The molecule has 37 heavy (non-hydrogen) atoms. The van der Waals surface area contributed by atoms with Gasteiger partial charge >= 0.3 is 0 Å². The summed E-state index contributed by atoms with van der Waals surface area (Å²) >= 11 is 0. The van der Waals surface area contributed by atoms with E-state index in [1.165, 1.54) is 18.2 Å². The summed E-state index contributed by atoms with van der Waals surface area (Å²) in [5.74, 6) is 0.467. The molecule has 6 nitrogen and oxygen atoms in total. The number of piperazine rings is 1. The Kier molecular flexibility index (Phi) is 10.7. The number of anilines is 1. The zero-order chi connectivity index (χ0) is 25.3. The molecule has 0 saturated carbocycles. The number of halogens is 2. The third-order valence-electron chi connectivity index (χ3n) is 6.42. The number of methoxy groups -OCH3 is 1. The average molecular weight is 529 g/mol. The van der Waals surface area contributed by atoms with Gasteiger partial charge in [0.05, 0.1) is 12.7 Å². The molecule has 1 unspecified atom stereocenters. The predicted octanol–water partition coefficient (Wildman–Crippen LogP) is 4.63. The second kappa shape index (κ2) is 14.0.